The zero-order valence-corrected chi connectivity index (χ0v) is 11.1. The summed E-state index contributed by atoms with van der Waals surface area (Å²) in [5.74, 6) is 2.89. The number of nitrogens with zero attached hydrogens (tertiary/aromatic N) is 1. The number of amides is 1. The molecule has 0 aromatic heterocycles. The average molecular weight is 260 g/mol. The molecule has 0 atom stereocenters. The fourth-order valence-electron chi connectivity index (χ4n) is 4.89. The minimum Gasteiger partial charge on any atom is -0.348 e. The summed E-state index contributed by atoms with van der Waals surface area (Å²) >= 11 is 0. The summed E-state index contributed by atoms with van der Waals surface area (Å²) in [5.41, 5.74) is 0. The standard InChI is InChI=1S/C15H20N2O2/c16-2-1-14(19)17-8-13(18)15-11-4-9-3-10(6-11)7-12(15)5-9/h9-12,15H,1,3-8H2,(H,17,19). The van der Waals surface area contributed by atoms with Gasteiger partial charge in [0.1, 0.15) is 6.42 Å². The minimum absolute atomic E-state index is 0.119. The van der Waals surface area contributed by atoms with Crippen LogP contribution >= 0.6 is 0 Å². The topological polar surface area (TPSA) is 70.0 Å². The summed E-state index contributed by atoms with van der Waals surface area (Å²) in [5, 5.41) is 11.0. The first kappa shape index (κ1) is 12.7. The molecule has 0 radical (unpaired) electrons. The summed E-state index contributed by atoms with van der Waals surface area (Å²) in [6, 6.07) is 1.80. The average Bonchev–Trinajstić information content (AvgIpc) is 2.35. The van der Waals surface area contributed by atoms with Crippen molar-refractivity contribution >= 4 is 11.7 Å². The molecule has 0 unspecified atom stereocenters. The highest BCUT2D eigenvalue weighted by molar-refractivity contribution is 5.88. The summed E-state index contributed by atoms with van der Waals surface area (Å²) in [6.07, 6.45) is 6.10. The molecule has 4 bridgehead atoms. The first-order valence-electron chi connectivity index (χ1n) is 7.33. The smallest absolute Gasteiger partial charge is 0.234 e. The maximum absolute atomic E-state index is 12.3. The lowest BCUT2D eigenvalue weighted by Gasteiger charge is -2.53. The van der Waals surface area contributed by atoms with Gasteiger partial charge in [0, 0.05) is 5.92 Å². The van der Waals surface area contributed by atoms with Gasteiger partial charge in [-0.25, -0.2) is 0 Å². The second-order valence-corrected chi connectivity index (χ2v) is 6.53. The predicted molar refractivity (Wildman–Crippen MR) is 68.8 cm³/mol. The van der Waals surface area contributed by atoms with Crippen molar-refractivity contribution in [3.05, 3.63) is 0 Å². The van der Waals surface area contributed by atoms with E-state index in [0.29, 0.717) is 11.8 Å². The van der Waals surface area contributed by atoms with Crippen molar-refractivity contribution < 1.29 is 9.59 Å². The van der Waals surface area contributed by atoms with E-state index in [4.69, 9.17) is 5.26 Å². The number of ketones is 1. The zero-order chi connectivity index (χ0) is 13.4. The van der Waals surface area contributed by atoms with Crippen molar-refractivity contribution in [2.24, 2.45) is 29.6 Å². The molecule has 4 aliphatic rings. The summed E-state index contributed by atoms with van der Waals surface area (Å²) in [7, 11) is 0. The van der Waals surface area contributed by atoms with Crippen LogP contribution in [0.2, 0.25) is 0 Å². The van der Waals surface area contributed by atoms with E-state index in [2.05, 4.69) is 5.32 Å². The van der Waals surface area contributed by atoms with Crippen LogP contribution in [0.4, 0.5) is 0 Å². The molecule has 102 valence electrons. The van der Waals surface area contributed by atoms with Gasteiger partial charge in [0.05, 0.1) is 12.6 Å². The Labute approximate surface area is 113 Å². The van der Waals surface area contributed by atoms with Gasteiger partial charge in [-0.3, -0.25) is 9.59 Å². The second-order valence-electron chi connectivity index (χ2n) is 6.53. The molecule has 4 aliphatic carbocycles. The van der Waals surface area contributed by atoms with Gasteiger partial charge in [0.25, 0.3) is 0 Å². The van der Waals surface area contributed by atoms with E-state index in [9.17, 15) is 9.59 Å². The molecule has 0 aliphatic heterocycles. The minimum atomic E-state index is -0.334. The number of carbonyl (C=O) groups is 2. The number of rotatable bonds is 4. The van der Waals surface area contributed by atoms with Crippen molar-refractivity contribution in [1.82, 2.24) is 5.32 Å². The van der Waals surface area contributed by atoms with Crippen molar-refractivity contribution in [1.29, 1.82) is 5.26 Å². The van der Waals surface area contributed by atoms with E-state index in [0.717, 1.165) is 11.8 Å². The molecule has 19 heavy (non-hydrogen) atoms. The lowest BCUT2D eigenvalue weighted by molar-refractivity contribution is -0.136. The van der Waals surface area contributed by atoms with Crippen LogP contribution in [0.15, 0.2) is 0 Å². The molecule has 0 aromatic carbocycles. The molecule has 0 aromatic rings. The van der Waals surface area contributed by atoms with E-state index in [1.54, 1.807) is 6.07 Å². The number of hydrogen-bond donors (Lipinski definition) is 1. The van der Waals surface area contributed by atoms with Crippen LogP contribution in [0.5, 0.6) is 0 Å². The van der Waals surface area contributed by atoms with Gasteiger partial charge in [-0.05, 0) is 55.8 Å². The molecule has 1 N–H and O–H groups in total. The SMILES string of the molecule is N#CCC(=O)NCC(=O)C1C2CC3CC(C2)CC1C3. The third-order valence-corrected chi connectivity index (χ3v) is 5.30. The van der Waals surface area contributed by atoms with E-state index in [1.807, 2.05) is 0 Å². The quantitative estimate of drug-likeness (QED) is 0.835. The first-order valence-corrected chi connectivity index (χ1v) is 7.33. The molecular formula is C15H20N2O2. The van der Waals surface area contributed by atoms with Crippen LogP contribution in [0.1, 0.15) is 38.5 Å². The number of carbonyl (C=O) groups excluding carboxylic acids is 2. The summed E-state index contributed by atoms with van der Waals surface area (Å²) < 4.78 is 0. The number of hydrogen-bond acceptors (Lipinski definition) is 3. The molecule has 0 spiro atoms. The number of nitriles is 1. The van der Waals surface area contributed by atoms with Crippen LogP contribution in [-0.4, -0.2) is 18.2 Å². The summed E-state index contributed by atoms with van der Waals surface area (Å²) in [4.78, 5) is 23.6. The first-order chi connectivity index (χ1) is 9.17. The summed E-state index contributed by atoms with van der Waals surface area (Å²) in [6.45, 7) is 0.119. The molecule has 4 rings (SSSR count). The van der Waals surface area contributed by atoms with Crippen LogP contribution in [0, 0.1) is 40.9 Å². The van der Waals surface area contributed by atoms with Gasteiger partial charge in [-0.1, -0.05) is 0 Å². The Balaban J connectivity index is 1.58. The molecule has 1 amide bonds. The predicted octanol–water partition coefficient (Wildman–Crippen LogP) is 1.66. The van der Waals surface area contributed by atoms with Crippen molar-refractivity contribution in [3.63, 3.8) is 0 Å². The third-order valence-electron chi connectivity index (χ3n) is 5.30. The Kier molecular flexibility index (Phi) is 3.30. The monoisotopic (exact) mass is 260 g/mol. The molecule has 4 fully saturated rings. The normalized spacial score (nSPS) is 38.8. The Morgan fingerprint density at radius 1 is 1.05 bits per heavy atom. The Morgan fingerprint density at radius 2 is 1.63 bits per heavy atom. The lowest BCUT2D eigenvalue weighted by Crippen LogP contribution is -2.50. The van der Waals surface area contributed by atoms with Gasteiger partial charge in [-0.15, -0.1) is 0 Å². The lowest BCUT2D eigenvalue weighted by atomic mass is 9.51. The molecule has 0 saturated heterocycles. The number of Topliss-reactive ketones (excluding diaryl/α,β-unsaturated/α-hetero) is 1. The van der Waals surface area contributed by atoms with E-state index in [-0.39, 0.29) is 30.6 Å². The van der Waals surface area contributed by atoms with Crippen LogP contribution in [-0.2, 0) is 9.59 Å². The maximum atomic E-state index is 12.3. The largest absolute Gasteiger partial charge is 0.348 e. The van der Waals surface area contributed by atoms with Gasteiger partial charge < -0.3 is 5.32 Å². The maximum Gasteiger partial charge on any atom is 0.234 e. The Bertz CT molecular complexity index is 410. The van der Waals surface area contributed by atoms with Crippen molar-refractivity contribution in [2.45, 2.75) is 38.5 Å². The molecule has 0 heterocycles. The third kappa shape index (κ3) is 2.39. The molecule has 4 heteroatoms. The fraction of sp³-hybridized carbons (Fsp3) is 0.800. The van der Waals surface area contributed by atoms with Gasteiger partial charge in [-0.2, -0.15) is 5.26 Å². The van der Waals surface area contributed by atoms with Crippen molar-refractivity contribution in [2.75, 3.05) is 6.54 Å². The highest BCUT2D eigenvalue weighted by atomic mass is 16.2. The zero-order valence-electron chi connectivity index (χ0n) is 11.1. The molecule has 4 saturated carbocycles. The molecule has 4 nitrogen and oxygen atoms in total. The fourth-order valence-corrected chi connectivity index (χ4v) is 4.89. The van der Waals surface area contributed by atoms with Gasteiger partial charge in [0.15, 0.2) is 5.78 Å². The van der Waals surface area contributed by atoms with Gasteiger partial charge in [0.2, 0.25) is 5.91 Å². The van der Waals surface area contributed by atoms with Crippen LogP contribution in [0.25, 0.3) is 0 Å². The number of nitrogens with one attached hydrogen (secondary N) is 1. The Hall–Kier alpha value is -1.37. The van der Waals surface area contributed by atoms with Crippen LogP contribution < -0.4 is 5.32 Å². The van der Waals surface area contributed by atoms with E-state index >= 15 is 0 Å². The van der Waals surface area contributed by atoms with Gasteiger partial charge >= 0.3 is 0 Å². The van der Waals surface area contributed by atoms with Crippen LogP contribution in [0.3, 0.4) is 0 Å². The molecular weight excluding hydrogens is 240 g/mol. The van der Waals surface area contributed by atoms with E-state index < -0.39 is 0 Å². The van der Waals surface area contributed by atoms with Crippen molar-refractivity contribution in [3.8, 4) is 6.07 Å². The Morgan fingerprint density at radius 3 is 2.16 bits per heavy atom. The van der Waals surface area contributed by atoms with E-state index in [1.165, 1.54) is 32.1 Å². The highest BCUT2D eigenvalue weighted by Crippen LogP contribution is 2.56. The second kappa shape index (κ2) is 4.96. The highest BCUT2D eigenvalue weighted by Gasteiger charge is 2.50.